The first-order valence-corrected chi connectivity index (χ1v) is 7.08. The molecule has 1 heterocycles. The molecule has 2 N–H and O–H groups in total. The van der Waals surface area contributed by atoms with E-state index in [0.29, 0.717) is 15.9 Å². The van der Waals surface area contributed by atoms with Crippen molar-refractivity contribution in [2.45, 2.75) is 13.3 Å². The largest absolute Gasteiger partial charge is 0.478 e. The first-order chi connectivity index (χ1) is 9.92. The molecule has 0 saturated carbocycles. The monoisotopic (exact) mass is 351 g/mol. The number of nitrogens with one attached hydrogen (secondary N) is 1. The Morgan fingerprint density at radius 2 is 2.10 bits per heavy atom. The number of amides is 1. The Kier molecular flexibility index (Phi) is 4.42. The Balaban J connectivity index is 2.28. The van der Waals surface area contributed by atoms with Crippen LogP contribution in [0, 0.1) is 0 Å². The zero-order chi connectivity index (χ0) is 15.6. The number of nitrogens with zero attached hydrogens (tertiary/aromatic N) is 2. The van der Waals surface area contributed by atoms with Gasteiger partial charge >= 0.3 is 5.97 Å². The Bertz CT molecular complexity index is 709. The molecule has 1 aromatic carbocycles. The number of halogens is 1. The van der Waals surface area contributed by atoms with Crippen LogP contribution in [0.4, 0.5) is 5.69 Å². The van der Waals surface area contributed by atoms with E-state index in [2.05, 4.69) is 26.3 Å². The molecule has 1 amide bonds. The predicted molar refractivity (Wildman–Crippen MR) is 81.6 cm³/mol. The zero-order valence-electron chi connectivity index (χ0n) is 11.6. The van der Waals surface area contributed by atoms with E-state index in [4.69, 9.17) is 5.11 Å². The van der Waals surface area contributed by atoms with Gasteiger partial charge in [-0.15, -0.1) is 0 Å². The van der Waals surface area contributed by atoms with E-state index in [1.54, 1.807) is 19.2 Å². The molecule has 1 aromatic heterocycles. The summed E-state index contributed by atoms with van der Waals surface area (Å²) in [5.74, 6) is -1.39. The number of benzene rings is 1. The van der Waals surface area contributed by atoms with E-state index in [9.17, 15) is 9.59 Å². The van der Waals surface area contributed by atoms with E-state index in [-0.39, 0.29) is 11.5 Å². The van der Waals surface area contributed by atoms with Gasteiger partial charge in [-0.2, -0.15) is 5.10 Å². The van der Waals surface area contributed by atoms with Crippen LogP contribution in [0.5, 0.6) is 0 Å². The Morgan fingerprint density at radius 3 is 2.67 bits per heavy atom. The van der Waals surface area contributed by atoms with Gasteiger partial charge in [0, 0.05) is 11.5 Å². The van der Waals surface area contributed by atoms with Crippen molar-refractivity contribution in [1.29, 1.82) is 0 Å². The maximum atomic E-state index is 12.3. The molecule has 21 heavy (non-hydrogen) atoms. The summed E-state index contributed by atoms with van der Waals surface area (Å²) in [6.45, 7) is 1.96. The van der Waals surface area contributed by atoms with Gasteiger partial charge in [0.1, 0.15) is 5.69 Å². The van der Waals surface area contributed by atoms with Crippen LogP contribution >= 0.6 is 15.9 Å². The standard InChI is InChI=1S/C14H14BrN3O3/c1-3-9-7-12(18(2)17-9)13(19)16-11-6-8(14(20)21)4-5-10(11)15/h4-7H,3H2,1-2H3,(H,16,19)(H,20,21). The van der Waals surface area contributed by atoms with Crippen molar-refractivity contribution in [2.24, 2.45) is 7.05 Å². The van der Waals surface area contributed by atoms with Gasteiger partial charge in [-0.05, 0) is 46.6 Å². The molecule has 0 fully saturated rings. The number of carboxylic acid groups (broad SMARTS) is 1. The SMILES string of the molecule is CCc1cc(C(=O)Nc2cc(C(=O)O)ccc2Br)n(C)n1. The summed E-state index contributed by atoms with van der Waals surface area (Å²) in [5, 5.41) is 15.9. The third-order valence-corrected chi connectivity index (χ3v) is 3.68. The summed E-state index contributed by atoms with van der Waals surface area (Å²) in [7, 11) is 1.69. The minimum absolute atomic E-state index is 0.104. The Labute approximate surface area is 129 Å². The molecule has 0 radical (unpaired) electrons. The summed E-state index contributed by atoms with van der Waals surface area (Å²) < 4.78 is 2.11. The average molecular weight is 352 g/mol. The highest BCUT2D eigenvalue weighted by Crippen LogP contribution is 2.24. The van der Waals surface area contributed by atoms with Gasteiger partial charge in [0.05, 0.1) is 16.9 Å². The van der Waals surface area contributed by atoms with Crippen molar-refractivity contribution >= 4 is 33.5 Å². The molecule has 6 nitrogen and oxygen atoms in total. The number of anilines is 1. The summed E-state index contributed by atoms with van der Waals surface area (Å²) in [4.78, 5) is 23.2. The number of aromatic nitrogens is 2. The molecule has 0 spiro atoms. The van der Waals surface area contributed by atoms with Crippen LogP contribution in [0.1, 0.15) is 33.5 Å². The van der Waals surface area contributed by atoms with Crippen LogP contribution < -0.4 is 5.32 Å². The molecular formula is C14H14BrN3O3. The normalized spacial score (nSPS) is 10.4. The fourth-order valence-corrected chi connectivity index (χ4v) is 2.20. The lowest BCUT2D eigenvalue weighted by atomic mass is 10.2. The molecule has 0 aliphatic rings. The molecule has 0 aliphatic carbocycles. The Morgan fingerprint density at radius 1 is 1.38 bits per heavy atom. The molecule has 0 aliphatic heterocycles. The number of carbonyl (C=O) groups excluding carboxylic acids is 1. The first-order valence-electron chi connectivity index (χ1n) is 6.29. The van der Waals surface area contributed by atoms with Gasteiger partial charge < -0.3 is 10.4 Å². The van der Waals surface area contributed by atoms with Crippen molar-refractivity contribution in [3.05, 3.63) is 45.7 Å². The number of carbonyl (C=O) groups is 2. The predicted octanol–water partition coefficient (Wildman–Crippen LogP) is 2.70. The molecule has 0 bridgehead atoms. The molecule has 0 atom stereocenters. The highest BCUT2D eigenvalue weighted by atomic mass is 79.9. The van der Waals surface area contributed by atoms with Crippen LogP contribution in [0.25, 0.3) is 0 Å². The molecule has 7 heteroatoms. The fraction of sp³-hybridized carbons (Fsp3) is 0.214. The maximum Gasteiger partial charge on any atom is 0.335 e. The van der Waals surface area contributed by atoms with Crippen molar-refractivity contribution < 1.29 is 14.7 Å². The quantitative estimate of drug-likeness (QED) is 0.886. The summed E-state index contributed by atoms with van der Waals surface area (Å²) in [6, 6.07) is 6.16. The third kappa shape index (κ3) is 3.30. The van der Waals surface area contributed by atoms with Crippen LogP contribution in [-0.2, 0) is 13.5 Å². The summed E-state index contributed by atoms with van der Waals surface area (Å²) >= 11 is 3.29. The Hall–Kier alpha value is -2.15. The first kappa shape index (κ1) is 15.2. The van der Waals surface area contributed by atoms with Crippen molar-refractivity contribution in [3.8, 4) is 0 Å². The maximum absolute atomic E-state index is 12.3. The second-order valence-electron chi connectivity index (χ2n) is 4.45. The van der Waals surface area contributed by atoms with Crippen molar-refractivity contribution in [2.75, 3.05) is 5.32 Å². The van der Waals surface area contributed by atoms with E-state index >= 15 is 0 Å². The molecule has 2 aromatic rings. The number of rotatable bonds is 4. The lowest BCUT2D eigenvalue weighted by Gasteiger charge is -2.08. The van der Waals surface area contributed by atoms with E-state index in [1.807, 2.05) is 6.92 Å². The van der Waals surface area contributed by atoms with Gasteiger partial charge in [-0.3, -0.25) is 9.48 Å². The fourth-order valence-electron chi connectivity index (χ4n) is 1.85. The highest BCUT2D eigenvalue weighted by molar-refractivity contribution is 9.10. The van der Waals surface area contributed by atoms with E-state index < -0.39 is 5.97 Å². The van der Waals surface area contributed by atoms with Crippen LogP contribution in [-0.4, -0.2) is 26.8 Å². The zero-order valence-corrected chi connectivity index (χ0v) is 13.1. The minimum atomic E-state index is -1.05. The van der Waals surface area contributed by atoms with Crippen LogP contribution in [0.15, 0.2) is 28.7 Å². The molecule has 110 valence electrons. The number of hydrogen-bond acceptors (Lipinski definition) is 3. The van der Waals surface area contributed by atoms with Gasteiger partial charge in [-0.1, -0.05) is 6.92 Å². The van der Waals surface area contributed by atoms with E-state index in [0.717, 1.165) is 12.1 Å². The van der Waals surface area contributed by atoms with Crippen molar-refractivity contribution in [3.63, 3.8) is 0 Å². The van der Waals surface area contributed by atoms with Gasteiger partial charge in [-0.25, -0.2) is 4.79 Å². The van der Waals surface area contributed by atoms with Crippen molar-refractivity contribution in [1.82, 2.24) is 9.78 Å². The molecule has 2 rings (SSSR count). The summed E-state index contributed by atoms with van der Waals surface area (Å²) in [6.07, 6.45) is 0.735. The van der Waals surface area contributed by atoms with Crippen LogP contribution in [0.3, 0.4) is 0 Å². The van der Waals surface area contributed by atoms with Gasteiger partial charge in [0.25, 0.3) is 5.91 Å². The number of hydrogen-bond donors (Lipinski definition) is 2. The lowest BCUT2D eigenvalue weighted by Crippen LogP contribution is -2.16. The highest BCUT2D eigenvalue weighted by Gasteiger charge is 2.15. The van der Waals surface area contributed by atoms with Crippen LogP contribution in [0.2, 0.25) is 0 Å². The molecule has 0 saturated heterocycles. The van der Waals surface area contributed by atoms with E-state index in [1.165, 1.54) is 16.8 Å². The van der Waals surface area contributed by atoms with Gasteiger partial charge in [0.2, 0.25) is 0 Å². The smallest absolute Gasteiger partial charge is 0.335 e. The minimum Gasteiger partial charge on any atom is -0.478 e. The molecule has 0 unspecified atom stereocenters. The third-order valence-electron chi connectivity index (χ3n) is 2.99. The summed E-state index contributed by atoms with van der Waals surface area (Å²) in [5.41, 5.74) is 1.74. The number of aromatic carboxylic acids is 1. The number of carboxylic acids is 1. The second kappa shape index (κ2) is 6.09. The second-order valence-corrected chi connectivity index (χ2v) is 5.31. The topological polar surface area (TPSA) is 84.2 Å². The molecular weight excluding hydrogens is 338 g/mol. The lowest BCUT2D eigenvalue weighted by molar-refractivity contribution is 0.0696. The van der Waals surface area contributed by atoms with Gasteiger partial charge in [0.15, 0.2) is 0 Å². The number of aryl methyl sites for hydroxylation is 2. The average Bonchev–Trinajstić information content (AvgIpc) is 2.82.